The van der Waals surface area contributed by atoms with Crippen molar-refractivity contribution in [2.75, 3.05) is 51.6 Å². The molecular formula is C30H41N9O. The molecule has 2 aromatic heterocycles. The third-order valence-electron chi connectivity index (χ3n) is 7.54. The lowest BCUT2D eigenvalue weighted by Crippen LogP contribution is -2.50. The summed E-state index contributed by atoms with van der Waals surface area (Å²) in [7, 11) is 1.79. The maximum absolute atomic E-state index is 10.1. The molecule has 0 saturated carbocycles. The number of fused-ring (bicyclic) bond motifs is 1. The first-order valence-electron chi connectivity index (χ1n) is 14.1. The molecule has 3 heterocycles. The first kappa shape index (κ1) is 27.9. The van der Waals surface area contributed by atoms with Crippen molar-refractivity contribution in [3.05, 3.63) is 71.3 Å². The van der Waals surface area contributed by atoms with Gasteiger partial charge in [0.2, 0.25) is 5.95 Å². The van der Waals surface area contributed by atoms with Gasteiger partial charge < -0.3 is 16.2 Å². The van der Waals surface area contributed by atoms with Crippen molar-refractivity contribution in [3.8, 4) is 0 Å². The quantitative estimate of drug-likeness (QED) is 0.352. The molecule has 10 nitrogen and oxygen atoms in total. The molecule has 1 fully saturated rings. The average molecular weight is 544 g/mol. The molecule has 10 heteroatoms. The van der Waals surface area contributed by atoms with E-state index in [0.717, 1.165) is 79.5 Å². The van der Waals surface area contributed by atoms with Gasteiger partial charge in [-0.25, -0.2) is 9.97 Å². The highest BCUT2D eigenvalue weighted by Gasteiger charge is 2.29. The van der Waals surface area contributed by atoms with Crippen molar-refractivity contribution in [1.82, 2.24) is 29.5 Å². The lowest BCUT2D eigenvalue weighted by molar-refractivity contribution is 0.0173. The number of nitrogens with zero attached hydrogens (tertiary/aromatic N) is 7. The zero-order chi connectivity index (χ0) is 28.3. The van der Waals surface area contributed by atoms with Gasteiger partial charge in [0, 0.05) is 87.2 Å². The zero-order valence-electron chi connectivity index (χ0n) is 24.0. The van der Waals surface area contributed by atoms with E-state index in [1.54, 1.807) is 7.05 Å². The molecule has 1 saturated heterocycles. The Hall–Kier alpha value is -3.60. The Bertz CT molecular complexity index is 1370. The maximum atomic E-state index is 10.1. The minimum atomic E-state index is -0.654. The summed E-state index contributed by atoms with van der Waals surface area (Å²) in [6, 6.07) is 12.0. The number of piperazine rings is 1. The summed E-state index contributed by atoms with van der Waals surface area (Å²) in [5.74, 6) is 1.40. The fraction of sp³-hybridized carbons (Fsp3) is 0.467. The summed E-state index contributed by atoms with van der Waals surface area (Å²) in [5.41, 5.74) is 11.4. The van der Waals surface area contributed by atoms with Crippen molar-refractivity contribution in [2.24, 2.45) is 10.7 Å². The van der Waals surface area contributed by atoms with Crippen LogP contribution in [0, 0.1) is 0 Å². The minimum absolute atomic E-state index is 0.220. The number of hydrogen-bond donors (Lipinski definition) is 3. The second-order valence-corrected chi connectivity index (χ2v) is 11.5. The third-order valence-corrected chi connectivity index (χ3v) is 7.54. The molecule has 0 unspecified atom stereocenters. The van der Waals surface area contributed by atoms with Crippen LogP contribution in [0.5, 0.6) is 0 Å². The zero-order valence-corrected chi connectivity index (χ0v) is 24.0. The number of nitrogens with one attached hydrogen (secondary N) is 1. The van der Waals surface area contributed by atoms with Crippen molar-refractivity contribution in [2.45, 2.75) is 45.3 Å². The second-order valence-electron chi connectivity index (χ2n) is 11.5. The smallest absolute Gasteiger partial charge is 0.228 e. The summed E-state index contributed by atoms with van der Waals surface area (Å²) in [6.45, 7) is 12.3. The topological polar surface area (TPSA) is 121 Å². The van der Waals surface area contributed by atoms with Gasteiger partial charge in [0.25, 0.3) is 0 Å². The van der Waals surface area contributed by atoms with Gasteiger partial charge >= 0.3 is 0 Å². The largest absolute Gasteiger partial charge is 0.401 e. The minimum Gasteiger partial charge on any atom is -0.401 e. The van der Waals surface area contributed by atoms with E-state index < -0.39 is 5.60 Å². The monoisotopic (exact) mass is 543 g/mol. The van der Waals surface area contributed by atoms with E-state index in [4.69, 9.17) is 15.8 Å². The van der Waals surface area contributed by atoms with Crippen LogP contribution in [0.2, 0.25) is 0 Å². The van der Waals surface area contributed by atoms with E-state index >= 15 is 0 Å². The van der Waals surface area contributed by atoms with Gasteiger partial charge in [-0.2, -0.15) is 5.10 Å². The number of benzene rings is 1. The summed E-state index contributed by atoms with van der Waals surface area (Å²) >= 11 is 0. The molecule has 0 amide bonds. The van der Waals surface area contributed by atoms with Crippen LogP contribution in [-0.2, 0) is 6.54 Å². The molecule has 2 aliphatic rings. The van der Waals surface area contributed by atoms with Crippen LogP contribution >= 0.6 is 0 Å². The Labute approximate surface area is 236 Å². The number of aliphatic imine (C=N–C) groups is 1. The fourth-order valence-corrected chi connectivity index (χ4v) is 5.58. The molecule has 0 bridgehead atoms. The highest BCUT2D eigenvalue weighted by Crippen LogP contribution is 2.37. The van der Waals surface area contributed by atoms with Crippen LogP contribution < -0.4 is 11.1 Å². The number of allylic oxidation sites excluding steroid dienone is 2. The van der Waals surface area contributed by atoms with Gasteiger partial charge in [-0.3, -0.25) is 19.5 Å². The van der Waals surface area contributed by atoms with E-state index in [1.807, 2.05) is 67.3 Å². The molecule has 5 rings (SSSR count). The summed E-state index contributed by atoms with van der Waals surface area (Å²) in [4.78, 5) is 18.9. The standard InChI is InChI=1S/C30H41N9O/c1-21-18-24(31)26(27(32-4)22-8-6-5-7-9-22)28-23(21)19-33-29(35-28)34-25-10-11-39(36-25)17-16-37-12-14-38(15-13-37)20-30(2,3)40/h5-11,19,21,40H,12-18,20,31H2,1-4H3,(H,33,34,35,36)/t21-/m1/s1. The molecule has 0 spiro atoms. The molecule has 4 N–H and O–H groups in total. The maximum Gasteiger partial charge on any atom is 0.228 e. The highest BCUT2D eigenvalue weighted by molar-refractivity contribution is 6.32. The molecule has 3 aromatic rings. The van der Waals surface area contributed by atoms with Gasteiger partial charge in [-0.15, -0.1) is 0 Å². The number of aliphatic hydroxyl groups is 1. The Morgan fingerprint density at radius 1 is 1.10 bits per heavy atom. The van der Waals surface area contributed by atoms with Crippen molar-refractivity contribution >= 4 is 23.1 Å². The second kappa shape index (κ2) is 11.9. The Morgan fingerprint density at radius 2 is 1.82 bits per heavy atom. The van der Waals surface area contributed by atoms with Gasteiger partial charge in [-0.1, -0.05) is 37.3 Å². The van der Waals surface area contributed by atoms with Crippen molar-refractivity contribution < 1.29 is 5.11 Å². The molecule has 0 radical (unpaired) electrons. The normalized spacial score (nSPS) is 19.1. The van der Waals surface area contributed by atoms with Crippen LogP contribution in [-0.4, -0.2) is 92.3 Å². The van der Waals surface area contributed by atoms with E-state index in [9.17, 15) is 5.11 Å². The average Bonchev–Trinajstić information content (AvgIpc) is 3.37. The summed E-state index contributed by atoms with van der Waals surface area (Å²) in [5, 5.41) is 18.1. The van der Waals surface area contributed by atoms with E-state index in [0.29, 0.717) is 18.3 Å². The van der Waals surface area contributed by atoms with E-state index in [1.165, 1.54) is 0 Å². The first-order valence-corrected chi connectivity index (χ1v) is 14.1. The highest BCUT2D eigenvalue weighted by atomic mass is 16.3. The summed E-state index contributed by atoms with van der Waals surface area (Å²) in [6.07, 6.45) is 4.62. The summed E-state index contributed by atoms with van der Waals surface area (Å²) < 4.78 is 1.95. The Kier molecular flexibility index (Phi) is 8.30. The van der Waals surface area contributed by atoms with Crippen molar-refractivity contribution in [3.63, 3.8) is 0 Å². The van der Waals surface area contributed by atoms with E-state index in [-0.39, 0.29) is 5.92 Å². The van der Waals surface area contributed by atoms with Crippen molar-refractivity contribution in [1.29, 1.82) is 0 Å². The first-order chi connectivity index (χ1) is 19.2. The molecule has 212 valence electrons. The molecular weight excluding hydrogens is 502 g/mol. The molecule has 1 aliphatic heterocycles. The molecule has 1 atom stereocenters. The number of hydrogen-bond acceptors (Lipinski definition) is 9. The van der Waals surface area contributed by atoms with Gasteiger partial charge in [0.1, 0.15) is 0 Å². The van der Waals surface area contributed by atoms with Crippen LogP contribution in [0.3, 0.4) is 0 Å². The Morgan fingerprint density at radius 3 is 2.52 bits per heavy atom. The predicted octanol–water partition coefficient (Wildman–Crippen LogP) is 3.10. The predicted molar refractivity (Wildman–Crippen MR) is 160 cm³/mol. The van der Waals surface area contributed by atoms with Gasteiger partial charge in [0.15, 0.2) is 5.82 Å². The molecule has 1 aliphatic carbocycles. The van der Waals surface area contributed by atoms with Crippen LogP contribution in [0.15, 0.2) is 59.5 Å². The SMILES string of the molecule is CN=C(C1=C(N)C[C@@H](C)c2cnc(Nc3ccn(CCN4CCN(CC(C)(C)O)CC4)n3)nc21)c1ccccc1. The number of anilines is 2. The Balaban J connectivity index is 1.25. The van der Waals surface area contributed by atoms with Gasteiger partial charge in [0.05, 0.1) is 23.6 Å². The van der Waals surface area contributed by atoms with Crippen LogP contribution in [0.1, 0.15) is 49.9 Å². The lowest BCUT2D eigenvalue weighted by atomic mass is 9.83. The van der Waals surface area contributed by atoms with Crippen LogP contribution in [0.25, 0.3) is 5.57 Å². The third kappa shape index (κ3) is 6.57. The lowest BCUT2D eigenvalue weighted by Gasteiger charge is -2.37. The van der Waals surface area contributed by atoms with Gasteiger partial charge in [-0.05, 0) is 26.2 Å². The molecule has 1 aromatic carbocycles. The number of aromatic nitrogens is 4. The van der Waals surface area contributed by atoms with Crippen LogP contribution in [0.4, 0.5) is 11.8 Å². The fourth-order valence-electron chi connectivity index (χ4n) is 5.58. The number of β-amino-alcohol motifs (C(OH)–C–C–N with tert-alkyl or cyclic N) is 1. The van der Waals surface area contributed by atoms with E-state index in [2.05, 4.69) is 32.0 Å². The number of rotatable bonds is 9. The molecule has 40 heavy (non-hydrogen) atoms. The number of nitrogens with two attached hydrogens (primary N) is 1.